The number of anilines is 1. The number of rotatable bonds is 10. The third-order valence-corrected chi connectivity index (χ3v) is 8.21. The van der Waals surface area contributed by atoms with Crippen LogP contribution in [0.25, 0.3) is 0 Å². The normalized spacial score (nSPS) is 12.5. The molecule has 0 saturated carbocycles. The average molecular weight is 550 g/mol. The number of hydrogen-bond acceptors (Lipinski definition) is 4. The van der Waals surface area contributed by atoms with Crippen LogP contribution in [0.5, 0.6) is 0 Å². The first-order chi connectivity index (χ1) is 18.3. The maximum absolute atomic E-state index is 14.1. The number of nitrogens with zero attached hydrogens (tertiary/aromatic N) is 2. The number of aryl methyl sites for hydroxylation is 2. The van der Waals surface area contributed by atoms with Crippen molar-refractivity contribution in [2.75, 3.05) is 10.8 Å². The van der Waals surface area contributed by atoms with E-state index in [9.17, 15) is 18.0 Å². The first-order valence-corrected chi connectivity index (χ1v) is 14.6. The molecule has 0 heterocycles. The van der Waals surface area contributed by atoms with Crippen molar-refractivity contribution < 1.29 is 18.0 Å². The Morgan fingerprint density at radius 3 is 2.03 bits per heavy atom. The van der Waals surface area contributed by atoms with Crippen LogP contribution in [-0.2, 0) is 26.2 Å². The van der Waals surface area contributed by atoms with Gasteiger partial charge in [0, 0.05) is 12.1 Å². The van der Waals surface area contributed by atoms with Crippen molar-refractivity contribution in [2.45, 2.75) is 71.0 Å². The largest absolute Gasteiger partial charge is 0.350 e. The number of para-hydroxylation sites is 1. The van der Waals surface area contributed by atoms with E-state index in [2.05, 4.69) is 5.32 Å². The van der Waals surface area contributed by atoms with Gasteiger partial charge in [-0.3, -0.25) is 13.9 Å². The molecule has 3 aromatic rings. The molecule has 2 amide bonds. The first kappa shape index (κ1) is 29.9. The number of nitrogens with one attached hydrogen (secondary N) is 1. The van der Waals surface area contributed by atoms with Crippen LogP contribution < -0.4 is 9.62 Å². The molecule has 0 aromatic heterocycles. The molecule has 0 unspecified atom stereocenters. The van der Waals surface area contributed by atoms with Crippen LogP contribution in [0.4, 0.5) is 5.69 Å². The Labute approximate surface area is 232 Å². The van der Waals surface area contributed by atoms with Gasteiger partial charge >= 0.3 is 0 Å². The quantitative estimate of drug-likeness (QED) is 0.376. The summed E-state index contributed by atoms with van der Waals surface area (Å²) in [6.45, 7) is 11.1. The smallest absolute Gasteiger partial charge is 0.264 e. The molecule has 0 fully saturated rings. The molecule has 3 aromatic carbocycles. The third-order valence-electron chi connectivity index (χ3n) is 6.42. The van der Waals surface area contributed by atoms with Gasteiger partial charge < -0.3 is 10.2 Å². The summed E-state index contributed by atoms with van der Waals surface area (Å²) in [6, 6.07) is 22.0. The number of amides is 2. The predicted octanol–water partition coefficient (Wildman–Crippen LogP) is 5.22. The second-order valence-electron chi connectivity index (χ2n) is 10.8. The highest BCUT2D eigenvalue weighted by atomic mass is 32.2. The highest BCUT2D eigenvalue weighted by Gasteiger charge is 2.34. The van der Waals surface area contributed by atoms with Gasteiger partial charge in [0.25, 0.3) is 10.0 Å². The molecular formula is C31H39N3O4S. The fourth-order valence-electron chi connectivity index (χ4n) is 4.30. The lowest BCUT2D eigenvalue weighted by molar-refractivity contribution is -0.141. The first-order valence-electron chi connectivity index (χ1n) is 13.1. The van der Waals surface area contributed by atoms with Crippen LogP contribution in [0.15, 0.2) is 83.8 Å². The van der Waals surface area contributed by atoms with Gasteiger partial charge in [0.05, 0.1) is 10.6 Å². The van der Waals surface area contributed by atoms with Crippen LogP contribution in [-0.4, -0.2) is 43.3 Å². The lowest BCUT2D eigenvalue weighted by atomic mass is 10.0. The van der Waals surface area contributed by atoms with Crippen molar-refractivity contribution in [3.8, 4) is 0 Å². The molecular weight excluding hydrogens is 510 g/mol. The van der Waals surface area contributed by atoms with Gasteiger partial charge in [0.1, 0.15) is 12.6 Å². The Balaban J connectivity index is 2.06. The van der Waals surface area contributed by atoms with Gasteiger partial charge in [-0.2, -0.15) is 0 Å². The van der Waals surface area contributed by atoms with Crippen LogP contribution in [0.2, 0.25) is 0 Å². The minimum atomic E-state index is -4.08. The monoisotopic (exact) mass is 549 g/mol. The standard InChI is InChI=1S/C31H39N3O4S/c1-7-28(30(36)32-31(4,5)6)33(21-25-14-12-11-13-24(25)3)29(35)22-34(26-15-9-8-10-16-26)39(37,38)27-19-17-23(2)18-20-27/h8-20,28H,7,21-22H2,1-6H3,(H,32,36)/t28-/m0/s1. The van der Waals surface area contributed by atoms with E-state index < -0.39 is 34.1 Å². The molecule has 0 aliphatic carbocycles. The van der Waals surface area contributed by atoms with Gasteiger partial charge in [-0.25, -0.2) is 8.42 Å². The summed E-state index contributed by atoms with van der Waals surface area (Å²) in [4.78, 5) is 29.1. The Hall–Kier alpha value is -3.65. The summed E-state index contributed by atoms with van der Waals surface area (Å²) in [7, 11) is -4.08. The zero-order valence-corrected chi connectivity index (χ0v) is 24.5. The maximum atomic E-state index is 14.1. The third kappa shape index (κ3) is 7.69. The molecule has 7 nitrogen and oxygen atoms in total. The van der Waals surface area contributed by atoms with Crippen LogP contribution >= 0.6 is 0 Å². The van der Waals surface area contributed by atoms with E-state index in [1.807, 2.05) is 65.8 Å². The van der Waals surface area contributed by atoms with E-state index in [0.29, 0.717) is 12.1 Å². The summed E-state index contributed by atoms with van der Waals surface area (Å²) in [5, 5.41) is 2.99. The summed E-state index contributed by atoms with van der Waals surface area (Å²) < 4.78 is 28.8. The number of benzene rings is 3. The van der Waals surface area contributed by atoms with Gasteiger partial charge in [-0.15, -0.1) is 0 Å². The van der Waals surface area contributed by atoms with Crippen molar-refractivity contribution in [2.24, 2.45) is 0 Å². The number of carbonyl (C=O) groups is 2. The molecule has 1 atom stereocenters. The summed E-state index contributed by atoms with van der Waals surface area (Å²) in [6.07, 6.45) is 0.371. The van der Waals surface area contributed by atoms with Crippen molar-refractivity contribution in [1.29, 1.82) is 0 Å². The van der Waals surface area contributed by atoms with E-state index in [4.69, 9.17) is 0 Å². The molecule has 39 heavy (non-hydrogen) atoms. The molecule has 0 saturated heterocycles. The van der Waals surface area contributed by atoms with E-state index in [-0.39, 0.29) is 17.3 Å². The lowest BCUT2D eigenvalue weighted by Crippen LogP contribution is -2.55. The SMILES string of the molecule is CC[C@@H](C(=O)NC(C)(C)C)N(Cc1ccccc1C)C(=O)CN(c1ccccc1)S(=O)(=O)c1ccc(C)cc1. The fraction of sp³-hybridized carbons (Fsp3) is 0.355. The van der Waals surface area contributed by atoms with Crippen LogP contribution in [0.1, 0.15) is 50.8 Å². The minimum absolute atomic E-state index is 0.0905. The molecule has 0 aliphatic rings. The second kappa shape index (κ2) is 12.5. The van der Waals surface area contributed by atoms with Crippen molar-refractivity contribution >= 4 is 27.5 Å². The topological polar surface area (TPSA) is 86.8 Å². The average Bonchev–Trinajstić information content (AvgIpc) is 2.87. The highest BCUT2D eigenvalue weighted by Crippen LogP contribution is 2.25. The second-order valence-corrected chi connectivity index (χ2v) is 12.6. The van der Waals surface area contributed by atoms with E-state index in [0.717, 1.165) is 21.0 Å². The highest BCUT2D eigenvalue weighted by molar-refractivity contribution is 7.92. The molecule has 208 valence electrons. The van der Waals surface area contributed by atoms with E-state index in [1.165, 1.54) is 4.90 Å². The Kier molecular flexibility index (Phi) is 9.56. The number of sulfonamides is 1. The van der Waals surface area contributed by atoms with Gasteiger partial charge in [-0.05, 0) is 76.4 Å². The summed E-state index contributed by atoms with van der Waals surface area (Å²) >= 11 is 0. The zero-order chi connectivity index (χ0) is 28.8. The molecule has 8 heteroatoms. The molecule has 1 N–H and O–H groups in total. The number of carbonyl (C=O) groups excluding carboxylic acids is 2. The van der Waals surface area contributed by atoms with Gasteiger partial charge in [0.15, 0.2) is 0 Å². The molecule has 0 bridgehead atoms. The Morgan fingerprint density at radius 1 is 0.872 bits per heavy atom. The predicted molar refractivity (Wildman–Crippen MR) is 156 cm³/mol. The lowest BCUT2D eigenvalue weighted by Gasteiger charge is -2.35. The zero-order valence-electron chi connectivity index (χ0n) is 23.6. The Bertz CT molecular complexity index is 1380. The van der Waals surface area contributed by atoms with Crippen LogP contribution in [0.3, 0.4) is 0 Å². The van der Waals surface area contributed by atoms with E-state index in [1.54, 1.807) is 54.6 Å². The minimum Gasteiger partial charge on any atom is -0.350 e. The number of hydrogen-bond donors (Lipinski definition) is 1. The molecule has 0 radical (unpaired) electrons. The van der Waals surface area contributed by atoms with Crippen LogP contribution in [0, 0.1) is 13.8 Å². The Morgan fingerprint density at radius 2 is 1.46 bits per heavy atom. The van der Waals surface area contributed by atoms with Gasteiger partial charge in [-0.1, -0.05) is 67.1 Å². The summed E-state index contributed by atoms with van der Waals surface area (Å²) in [5.74, 6) is -0.742. The molecule has 3 rings (SSSR count). The summed E-state index contributed by atoms with van der Waals surface area (Å²) in [5.41, 5.74) is 2.67. The van der Waals surface area contributed by atoms with Gasteiger partial charge in [0.2, 0.25) is 11.8 Å². The molecule has 0 spiro atoms. The van der Waals surface area contributed by atoms with Crippen molar-refractivity contribution in [3.05, 3.63) is 95.6 Å². The maximum Gasteiger partial charge on any atom is 0.264 e. The van der Waals surface area contributed by atoms with E-state index >= 15 is 0 Å². The van der Waals surface area contributed by atoms with Crippen molar-refractivity contribution in [3.63, 3.8) is 0 Å². The molecule has 0 aliphatic heterocycles. The fourth-order valence-corrected chi connectivity index (χ4v) is 5.72. The van der Waals surface area contributed by atoms with Crippen molar-refractivity contribution in [1.82, 2.24) is 10.2 Å².